The van der Waals surface area contributed by atoms with Crippen LogP contribution in [0.3, 0.4) is 0 Å². The van der Waals surface area contributed by atoms with Gasteiger partial charge in [-0.2, -0.15) is 10.2 Å². The maximum absolute atomic E-state index is 6.08. The molecule has 17 heavy (non-hydrogen) atoms. The van der Waals surface area contributed by atoms with Gasteiger partial charge >= 0.3 is 0 Å². The molecule has 0 N–H and O–H groups in total. The predicted molar refractivity (Wildman–Crippen MR) is 64.9 cm³/mol. The van der Waals surface area contributed by atoms with Gasteiger partial charge in [-0.15, -0.1) is 0 Å². The van der Waals surface area contributed by atoms with Gasteiger partial charge in [-0.1, -0.05) is 11.6 Å². The average molecular weight is 248 g/mol. The summed E-state index contributed by atoms with van der Waals surface area (Å²) in [5, 5.41) is 8.89. The SMILES string of the molecule is Cc1nc(Cl)c2cc(-c3cnn(C)c3)cn2n1. The first-order valence-corrected chi connectivity index (χ1v) is 5.53. The van der Waals surface area contributed by atoms with Gasteiger partial charge in [-0.25, -0.2) is 9.50 Å². The van der Waals surface area contributed by atoms with Crippen LogP contribution in [0.4, 0.5) is 0 Å². The Balaban J connectivity index is 2.23. The third kappa shape index (κ3) is 1.68. The van der Waals surface area contributed by atoms with Crippen LogP contribution in [0.2, 0.25) is 5.15 Å². The summed E-state index contributed by atoms with van der Waals surface area (Å²) in [5.74, 6) is 0.649. The van der Waals surface area contributed by atoms with Crippen molar-refractivity contribution in [2.75, 3.05) is 0 Å². The fraction of sp³-hybridized carbons (Fsp3) is 0.182. The van der Waals surface area contributed by atoms with Crippen LogP contribution in [-0.2, 0) is 7.05 Å². The molecule has 0 atom stereocenters. The molecular weight excluding hydrogens is 238 g/mol. The van der Waals surface area contributed by atoms with Crippen LogP contribution in [0.5, 0.6) is 0 Å². The fourth-order valence-electron chi connectivity index (χ4n) is 1.79. The third-order valence-electron chi connectivity index (χ3n) is 2.56. The summed E-state index contributed by atoms with van der Waals surface area (Å²) in [6.45, 7) is 1.81. The molecule has 86 valence electrons. The quantitative estimate of drug-likeness (QED) is 0.662. The van der Waals surface area contributed by atoms with Crippen molar-refractivity contribution < 1.29 is 0 Å². The Morgan fingerprint density at radius 2 is 2.06 bits per heavy atom. The van der Waals surface area contributed by atoms with Gasteiger partial charge in [-0.3, -0.25) is 4.68 Å². The number of nitrogens with zero attached hydrogens (tertiary/aromatic N) is 5. The lowest BCUT2D eigenvalue weighted by molar-refractivity contribution is 0.768. The van der Waals surface area contributed by atoms with Crippen LogP contribution in [0.25, 0.3) is 16.6 Å². The predicted octanol–water partition coefficient (Wildman–Crippen LogP) is 2.09. The highest BCUT2D eigenvalue weighted by molar-refractivity contribution is 6.32. The maximum atomic E-state index is 6.08. The minimum Gasteiger partial charge on any atom is -0.275 e. The van der Waals surface area contributed by atoms with Crippen LogP contribution in [0.1, 0.15) is 5.82 Å². The van der Waals surface area contributed by atoms with Crippen molar-refractivity contribution in [3.63, 3.8) is 0 Å². The summed E-state index contributed by atoms with van der Waals surface area (Å²) >= 11 is 6.08. The molecule has 3 rings (SSSR count). The Kier molecular flexibility index (Phi) is 2.16. The lowest BCUT2D eigenvalue weighted by atomic mass is 10.2. The Morgan fingerprint density at radius 1 is 1.24 bits per heavy atom. The second kappa shape index (κ2) is 3.56. The zero-order valence-corrected chi connectivity index (χ0v) is 10.2. The third-order valence-corrected chi connectivity index (χ3v) is 2.84. The highest BCUT2D eigenvalue weighted by Crippen LogP contribution is 2.24. The standard InChI is InChI=1S/C11H10ClN5/c1-7-14-11(12)10-3-8(6-17(10)15-7)9-4-13-16(2)5-9/h3-6H,1-2H3. The first-order chi connectivity index (χ1) is 8.13. The summed E-state index contributed by atoms with van der Waals surface area (Å²) in [6, 6.07) is 1.96. The summed E-state index contributed by atoms with van der Waals surface area (Å²) in [5.41, 5.74) is 2.86. The Morgan fingerprint density at radius 3 is 2.76 bits per heavy atom. The van der Waals surface area contributed by atoms with Crippen LogP contribution >= 0.6 is 11.6 Å². The minimum absolute atomic E-state index is 0.465. The highest BCUT2D eigenvalue weighted by atomic mass is 35.5. The van der Waals surface area contributed by atoms with Gasteiger partial charge in [0.2, 0.25) is 0 Å². The van der Waals surface area contributed by atoms with Crippen LogP contribution in [0.15, 0.2) is 24.7 Å². The van der Waals surface area contributed by atoms with Crippen molar-refractivity contribution in [2.45, 2.75) is 6.92 Å². The molecule has 0 saturated heterocycles. The van der Waals surface area contributed by atoms with Crippen molar-refractivity contribution in [3.8, 4) is 11.1 Å². The molecule has 3 aromatic rings. The molecular formula is C11H10ClN5. The van der Waals surface area contributed by atoms with E-state index in [2.05, 4.69) is 15.2 Å². The molecule has 0 aromatic carbocycles. The van der Waals surface area contributed by atoms with Gasteiger partial charge in [0.1, 0.15) is 11.3 Å². The van der Waals surface area contributed by atoms with Crippen molar-refractivity contribution in [1.82, 2.24) is 24.4 Å². The number of fused-ring (bicyclic) bond motifs is 1. The zero-order chi connectivity index (χ0) is 12.0. The molecule has 0 bridgehead atoms. The minimum atomic E-state index is 0.465. The lowest BCUT2D eigenvalue weighted by Crippen LogP contribution is -1.96. The lowest BCUT2D eigenvalue weighted by Gasteiger charge is -1.96. The van der Waals surface area contributed by atoms with Crippen LogP contribution in [-0.4, -0.2) is 24.4 Å². The Labute approximate surface area is 103 Å². The van der Waals surface area contributed by atoms with E-state index in [1.165, 1.54) is 0 Å². The number of hydrogen-bond acceptors (Lipinski definition) is 3. The first kappa shape index (κ1) is 10.3. The molecule has 0 radical (unpaired) electrons. The molecule has 0 unspecified atom stereocenters. The van der Waals surface area contributed by atoms with Crippen LogP contribution < -0.4 is 0 Å². The molecule has 3 aromatic heterocycles. The van der Waals surface area contributed by atoms with Crippen molar-refractivity contribution in [3.05, 3.63) is 35.6 Å². The zero-order valence-electron chi connectivity index (χ0n) is 9.42. The molecule has 0 spiro atoms. The number of aryl methyl sites for hydroxylation is 2. The van der Waals surface area contributed by atoms with E-state index < -0.39 is 0 Å². The monoisotopic (exact) mass is 247 g/mol. The van der Waals surface area contributed by atoms with E-state index in [4.69, 9.17) is 11.6 Å². The van der Waals surface area contributed by atoms with Gasteiger partial charge in [0, 0.05) is 30.6 Å². The molecule has 0 amide bonds. The molecule has 0 aliphatic rings. The van der Waals surface area contributed by atoms with Crippen molar-refractivity contribution >= 4 is 17.1 Å². The summed E-state index contributed by atoms with van der Waals surface area (Å²) < 4.78 is 3.50. The van der Waals surface area contributed by atoms with E-state index in [1.807, 2.05) is 38.6 Å². The highest BCUT2D eigenvalue weighted by Gasteiger charge is 2.09. The number of rotatable bonds is 1. The first-order valence-electron chi connectivity index (χ1n) is 5.15. The van der Waals surface area contributed by atoms with E-state index in [1.54, 1.807) is 9.20 Å². The van der Waals surface area contributed by atoms with Gasteiger partial charge in [0.05, 0.1) is 6.20 Å². The normalized spacial score (nSPS) is 11.2. The van der Waals surface area contributed by atoms with E-state index in [0.29, 0.717) is 11.0 Å². The van der Waals surface area contributed by atoms with Gasteiger partial charge in [0.25, 0.3) is 0 Å². The summed E-state index contributed by atoms with van der Waals surface area (Å²) in [6.07, 6.45) is 5.68. The van der Waals surface area contributed by atoms with E-state index in [9.17, 15) is 0 Å². The smallest absolute Gasteiger partial charge is 0.156 e. The molecule has 0 saturated carbocycles. The molecule has 0 fully saturated rings. The second-order valence-corrected chi connectivity index (χ2v) is 4.27. The van der Waals surface area contributed by atoms with Crippen molar-refractivity contribution in [1.29, 1.82) is 0 Å². The molecule has 0 aliphatic carbocycles. The van der Waals surface area contributed by atoms with Crippen LogP contribution in [0, 0.1) is 6.92 Å². The largest absolute Gasteiger partial charge is 0.275 e. The number of aromatic nitrogens is 5. The average Bonchev–Trinajstić information content (AvgIpc) is 2.83. The molecule has 3 heterocycles. The Bertz CT molecular complexity index is 697. The van der Waals surface area contributed by atoms with Gasteiger partial charge < -0.3 is 0 Å². The summed E-state index contributed by atoms with van der Waals surface area (Å²) in [7, 11) is 1.89. The molecule has 5 nitrogen and oxygen atoms in total. The fourth-order valence-corrected chi connectivity index (χ4v) is 2.06. The van der Waals surface area contributed by atoms with E-state index >= 15 is 0 Å². The number of halogens is 1. The molecule has 6 heteroatoms. The number of hydrogen-bond donors (Lipinski definition) is 0. The summed E-state index contributed by atoms with van der Waals surface area (Å²) in [4.78, 5) is 4.13. The maximum Gasteiger partial charge on any atom is 0.156 e. The van der Waals surface area contributed by atoms with E-state index in [0.717, 1.165) is 16.6 Å². The van der Waals surface area contributed by atoms with Gasteiger partial charge in [-0.05, 0) is 13.0 Å². The van der Waals surface area contributed by atoms with Crippen molar-refractivity contribution in [2.24, 2.45) is 7.05 Å². The van der Waals surface area contributed by atoms with E-state index in [-0.39, 0.29) is 0 Å². The van der Waals surface area contributed by atoms with Gasteiger partial charge in [0.15, 0.2) is 5.15 Å². The Hall–Kier alpha value is -1.88. The second-order valence-electron chi connectivity index (χ2n) is 3.91. The topological polar surface area (TPSA) is 48.0 Å². The molecule has 0 aliphatic heterocycles.